The maximum Gasteiger partial charge on any atom is 0.310 e. The first-order valence-electron chi connectivity index (χ1n) is 20.9. The highest BCUT2D eigenvalue weighted by molar-refractivity contribution is 8.45. The van der Waals surface area contributed by atoms with Crippen LogP contribution in [0, 0.1) is 11.3 Å². The predicted octanol–water partition coefficient (Wildman–Crippen LogP) is 3.65. The van der Waals surface area contributed by atoms with Gasteiger partial charge in [0, 0.05) is 54.5 Å². The van der Waals surface area contributed by atoms with Gasteiger partial charge < -0.3 is 52.8 Å². The van der Waals surface area contributed by atoms with Gasteiger partial charge in [-0.05, 0) is 100 Å². The van der Waals surface area contributed by atoms with Crippen LogP contribution in [-0.4, -0.2) is 112 Å². The smallest absolute Gasteiger partial charge is 0.310 e. The van der Waals surface area contributed by atoms with Gasteiger partial charge in [-0.15, -0.1) is 0 Å². The molecule has 10 N–H and O–H groups in total. The molecule has 0 unspecified atom stereocenters. The first-order valence-corrected chi connectivity index (χ1v) is 22.9. The number of nitrogens with one attached hydrogen (secondary N) is 4. The van der Waals surface area contributed by atoms with Crippen molar-refractivity contribution in [2.24, 2.45) is 27.2 Å². The van der Waals surface area contributed by atoms with E-state index in [2.05, 4.69) is 38.0 Å². The molecule has 1 aliphatic rings. The van der Waals surface area contributed by atoms with E-state index in [4.69, 9.17) is 31.9 Å². The predicted molar refractivity (Wildman–Crippen MR) is 246 cm³/mol. The van der Waals surface area contributed by atoms with E-state index < -0.39 is 68.8 Å². The number of ether oxygens (including phenoxy) is 2. The summed E-state index contributed by atoms with van der Waals surface area (Å²) in [5.74, 6) is -3.68. The Bertz CT molecular complexity index is 2520. The summed E-state index contributed by atoms with van der Waals surface area (Å²) in [6.07, 6.45) is -0.214. The number of benzene rings is 3. The van der Waals surface area contributed by atoms with Crippen LogP contribution < -0.4 is 47.9 Å². The minimum absolute atomic E-state index is 0.0418. The minimum Gasteiger partial charge on any atom is -0.492 e. The molecule has 0 radical (unpaired) electrons. The highest BCUT2D eigenvalue weighted by Crippen LogP contribution is 3.02. The third-order valence-electron chi connectivity index (χ3n) is 10.5. The number of fused-ring (bicyclic) bond motifs is 5. The summed E-state index contributed by atoms with van der Waals surface area (Å²) in [5, 5.41) is 19.4. The minimum atomic E-state index is -9.97. The van der Waals surface area contributed by atoms with Gasteiger partial charge in [-0.2, -0.15) is 5.26 Å². The van der Waals surface area contributed by atoms with E-state index in [0.29, 0.717) is 28.2 Å². The summed E-state index contributed by atoms with van der Waals surface area (Å²) < 4.78 is 78.7. The molecule has 0 saturated heterocycles. The Morgan fingerprint density at radius 3 is 2.07 bits per heavy atom. The second kappa shape index (κ2) is 21.8. The average molecular weight is 976 g/mol. The molecule has 4 atom stereocenters. The number of amidine groups is 1. The lowest BCUT2D eigenvalue weighted by molar-refractivity contribution is -0.142. The molecule has 1 aliphatic heterocycles. The Morgan fingerprint density at radius 2 is 1.51 bits per heavy atom. The number of nitrogens with two attached hydrogens (primary N) is 3. The number of halogens is 5. The first-order chi connectivity index (χ1) is 31.9. The first kappa shape index (κ1) is 53.7. The van der Waals surface area contributed by atoms with Crippen molar-refractivity contribution in [3.63, 3.8) is 0 Å². The summed E-state index contributed by atoms with van der Waals surface area (Å²) in [5.41, 5.74) is 18.7. The molecule has 3 aromatic rings. The number of amides is 5. The van der Waals surface area contributed by atoms with E-state index in [1.54, 1.807) is 30.3 Å². The number of aliphatic imine (C=N–C) groups is 2. The van der Waals surface area contributed by atoms with Gasteiger partial charge in [0.1, 0.15) is 60.3 Å². The van der Waals surface area contributed by atoms with Crippen LogP contribution in [-0.2, 0) is 30.4 Å². The zero-order valence-electron chi connectivity index (χ0n) is 37.6. The molecule has 0 fully saturated rings. The summed E-state index contributed by atoms with van der Waals surface area (Å²) in [4.78, 5) is 76.6. The molecule has 68 heavy (non-hydrogen) atoms. The van der Waals surface area contributed by atoms with Gasteiger partial charge in [0.2, 0.25) is 29.5 Å². The standard InChI is InChI=1S/C44H54F5N11O7S/c1-25(26(2)56-39(54-4)29-7-10-31(11-8-29)68(45,46,47,48)49)40(61)58-34(14-15-50)44(65)60(5)38-30-9-13-37(67-21-18-53)33(24-30)32-22-28(6-12-36(32)66-20-17-52)23-35(42(63)55-19-16-51)59-41(62)27(3)57-43(38)64/h6-13,22,24,27,34-35,38H,4,14-15,17-21,23,50,52-53H2,1-3,5H3,(H,55,63)(H,57,64)(H,58,61)(H,59,62)/b26-25+,56-39-/t27-,34-,35-,38-/m0/s1. The van der Waals surface area contributed by atoms with Gasteiger partial charge in [-0.25, -0.2) is 9.98 Å². The zero-order valence-corrected chi connectivity index (χ0v) is 38.4. The van der Waals surface area contributed by atoms with Crippen LogP contribution in [0.3, 0.4) is 0 Å². The van der Waals surface area contributed by atoms with Crippen LogP contribution in [0.4, 0.5) is 19.4 Å². The molecule has 1 heterocycles. The maximum atomic E-state index is 14.6. The number of likely N-dealkylation sites (N-methyl/N-ethyl adjacent to an activating group) is 1. The second-order valence-electron chi connectivity index (χ2n) is 15.5. The number of hydrogen-bond donors (Lipinski definition) is 7. The number of hydrogen-bond acceptors (Lipinski definition) is 12. The topological polar surface area (TPSA) is 282 Å². The van der Waals surface area contributed by atoms with E-state index in [9.17, 15) is 43.4 Å². The third-order valence-corrected chi connectivity index (χ3v) is 11.6. The number of nitrogens with zero attached hydrogens (tertiary/aromatic N) is 4. The van der Waals surface area contributed by atoms with Crippen molar-refractivity contribution >= 4 is 52.3 Å². The molecule has 3 aromatic carbocycles. The molecule has 0 spiro atoms. The van der Waals surface area contributed by atoms with Crippen LogP contribution in [0.1, 0.15) is 49.9 Å². The summed E-state index contributed by atoms with van der Waals surface area (Å²) in [6, 6.07) is 7.89. The van der Waals surface area contributed by atoms with Crippen LogP contribution in [0.25, 0.3) is 11.1 Å². The quantitative estimate of drug-likeness (QED) is 0.0337. The normalized spacial score (nSPS) is 18.3. The van der Waals surface area contributed by atoms with Crippen molar-refractivity contribution in [2.45, 2.75) is 62.7 Å². The van der Waals surface area contributed by atoms with Gasteiger partial charge in [0.15, 0.2) is 5.84 Å². The lowest BCUT2D eigenvalue weighted by atomic mass is 9.93. The molecule has 0 aromatic heterocycles. The van der Waals surface area contributed by atoms with E-state index >= 15 is 0 Å². The summed E-state index contributed by atoms with van der Waals surface area (Å²) in [7, 11) is -8.68. The van der Waals surface area contributed by atoms with E-state index in [1.807, 2.05) is 6.07 Å². The monoisotopic (exact) mass is 975 g/mol. The fourth-order valence-corrected chi connectivity index (χ4v) is 7.51. The SMILES string of the molecule is C=N/C(=N\C(C)=C(/C)C(=O)N[C@@H](CCN)C(=O)N(C)[C@@H]1C(=O)N[C@@H](C)C(=O)N[C@H](C(=O)NCC#N)Cc2ccc(OCCN)c(c2)-c2cc1ccc2OCCN)c1ccc(S(F)(F)(F)(F)F)cc1. The third kappa shape index (κ3) is 13.8. The fraction of sp³-hybridized carbons (Fsp3) is 0.364. The van der Waals surface area contributed by atoms with Crippen LogP contribution in [0.15, 0.2) is 86.8 Å². The molecule has 368 valence electrons. The van der Waals surface area contributed by atoms with Gasteiger partial charge in [-0.3, -0.25) is 24.0 Å². The van der Waals surface area contributed by atoms with Crippen LogP contribution >= 0.6 is 10.2 Å². The van der Waals surface area contributed by atoms with Crippen molar-refractivity contribution in [3.8, 4) is 28.7 Å². The summed E-state index contributed by atoms with van der Waals surface area (Å²) >= 11 is 0. The lowest BCUT2D eigenvalue weighted by Gasteiger charge is -2.40. The van der Waals surface area contributed by atoms with Crippen molar-refractivity contribution in [1.82, 2.24) is 26.2 Å². The number of allylic oxidation sites excluding steroid dienone is 1. The zero-order chi connectivity index (χ0) is 50.6. The summed E-state index contributed by atoms with van der Waals surface area (Å²) in [6.45, 7) is 7.32. The average Bonchev–Trinajstić information content (AvgIpc) is 3.29. The van der Waals surface area contributed by atoms with Crippen molar-refractivity contribution in [3.05, 3.63) is 88.6 Å². The molecule has 4 bridgehead atoms. The fourth-order valence-electron chi connectivity index (χ4n) is 6.86. The number of carbonyl (C=O) groups excluding carboxylic acids is 5. The molecular weight excluding hydrogens is 922 g/mol. The number of carbonyl (C=O) groups is 5. The lowest BCUT2D eigenvalue weighted by Crippen LogP contribution is -2.56. The molecule has 24 heteroatoms. The van der Waals surface area contributed by atoms with Gasteiger partial charge in [-0.1, -0.05) is 31.6 Å². The molecule has 18 nitrogen and oxygen atoms in total. The maximum absolute atomic E-state index is 14.6. The number of rotatable bonds is 17. The Labute approximate surface area is 389 Å². The Balaban J connectivity index is 1.81. The Morgan fingerprint density at radius 1 is 0.912 bits per heavy atom. The number of nitriles is 1. The molecule has 4 rings (SSSR count). The van der Waals surface area contributed by atoms with E-state index in [0.717, 1.165) is 17.0 Å². The van der Waals surface area contributed by atoms with Gasteiger partial charge in [0.25, 0.3) is 0 Å². The van der Waals surface area contributed by atoms with Crippen molar-refractivity contribution < 1.29 is 52.9 Å². The second-order valence-corrected chi connectivity index (χ2v) is 17.9. The van der Waals surface area contributed by atoms with E-state index in [-0.39, 0.29) is 92.6 Å². The van der Waals surface area contributed by atoms with E-state index in [1.165, 1.54) is 33.9 Å². The van der Waals surface area contributed by atoms with Crippen LogP contribution in [0.2, 0.25) is 0 Å². The Hall–Kier alpha value is -6.94. The Kier molecular flexibility index (Phi) is 17.2. The largest absolute Gasteiger partial charge is 0.492 e. The molecular formula is C44H54F5N11O7S. The van der Waals surface area contributed by atoms with Crippen molar-refractivity contribution in [1.29, 1.82) is 5.26 Å². The van der Waals surface area contributed by atoms with Gasteiger partial charge >= 0.3 is 10.2 Å². The van der Waals surface area contributed by atoms with Crippen LogP contribution in [0.5, 0.6) is 11.5 Å². The highest BCUT2D eigenvalue weighted by Gasteiger charge is 2.65. The molecule has 0 saturated carbocycles. The van der Waals surface area contributed by atoms with Gasteiger partial charge in [0.05, 0.1) is 6.07 Å². The van der Waals surface area contributed by atoms with Crippen molar-refractivity contribution in [2.75, 3.05) is 46.4 Å². The molecule has 0 aliphatic carbocycles. The molecule has 5 amide bonds. The highest BCUT2D eigenvalue weighted by atomic mass is 32.5.